The molecular formula is C29H22ClF6N7O2S2. The van der Waals surface area contributed by atoms with Crippen molar-refractivity contribution >= 4 is 57.5 Å². The molecule has 4 aromatic rings. The Morgan fingerprint density at radius 3 is 2.43 bits per heavy atom. The average molecular weight is 714 g/mol. The van der Waals surface area contributed by atoms with Crippen molar-refractivity contribution in [1.82, 2.24) is 25.6 Å². The Hall–Kier alpha value is -4.19. The van der Waals surface area contributed by atoms with Gasteiger partial charge in [-0.2, -0.15) is 18.2 Å². The number of hydrazine groups is 1. The van der Waals surface area contributed by atoms with Crippen molar-refractivity contribution in [2.75, 3.05) is 10.7 Å². The highest BCUT2D eigenvalue weighted by molar-refractivity contribution is 8.15. The molecule has 246 valence electrons. The topological polar surface area (TPSA) is 96.7 Å². The predicted octanol–water partition coefficient (Wildman–Crippen LogP) is 7.47. The molecule has 1 aliphatic rings. The van der Waals surface area contributed by atoms with Gasteiger partial charge in [-0.05, 0) is 66.7 Å². The number of amides is 1. The molecule has 5 rings (SSSR count). The molecule has 18 heteroatoms. The van der Waals surface area contributed by atoms with Gasteiger partial charge in [0.15, 0.2) is 11.0 Å². The molecule has 47 heavy (non-hydrogen) atoms. The van der Waals surface area contributed by atoms with E-state index in [0.29, 0.717) is 23.5 Å². The number of thiocarbonyl (C=S) groups is 1. The van der Waals surface area contributed by atoms with Crippen molar-refractivity contribution in [2.45, 2.75) is 31.9 Å². The molecule has 2 heterocycles. The molecule has 1 aliphatic heterocycles. The molecule has 0 radical (unpaired) electrons. The van der Waals surface area contributed by atoms with Crippen LogP contribution < -0.4 is 20.5 Å². The van der Waals surface area contributed by atoms with E-state index in [2.05, 4.69) is 30.7 Å². The summed E-state index contributed by atoms with van der Waals surface area (Å²) in [5.74, 6) is -0.703. The minimum Gasteiger partial charge on any atom is -0.406 e. The number of carbonyl (C=O) groups is 1. The molecule has 1 fully saturated rings. The van der Waals surface area contributed by atoms with Crippen molar-refractivity contribution in [3.8, 4) is 22.8 Å². The van der Waals surface area contributed by atoms with Gasteiger partial charge in [0.2, 0.25) is 11.0 Å². The molecule has 1 atom stereocenters. The van der Waals surface area contributed by atoms with Gasteiger partial charge in [0, 0.05) is 10.6 Å². The van der Waals surface area contributed by atoms with Crippen molar-refractivity contribution in [3.63, 3.8) is 0 Å². The predicted molar refractivity (Wildman–Crippen MR) is 169 cm³/mol. The van der Waals surface area contributed by atoms with E-state index in [-0.39, 0.29) is 32.8 Å². The van der Waals surface area contributed by atoms with Crippen LogP contribution in [0.25, 0.3) is 17.1 Å². The van der Waals surface area contributed by atoms with E-state index in [9.17, 15) is 31.1 Å². The molecule has 3 aromatic carbocycles. The number of carbonyl (C=O) groups excluding carboxylic acids is 1. The van der Waals surface area contributed by atoms with Crippen molar-refractivity contribution < 1.29 is 35.9 Å². The van der Waals surface area contributed by atoms with Gasteiger partial charge in [-0.25, -0.2) is 15.1 Å². The molecule has 9 nitrogen and oxygen atoms in total. The highest BCUT2D eigenvalue weighted by Gasteiger charge is 2.40. The lowest BCUT2D eigenvalue weighted by Crippen LogP contribution is -2.39. The lowest BCUT2D eigenvalue weighted by molar-refractivity contribution is -0.274. The number of benzene rings is 3. The molecule has 1 amide bonds. The maximum atomic E-state index is 13.7. The minimum atomic E-state index is -4.79. The fourth-order valence-corrected chi connectivity index (χ4v) is 5.72. The van der Waals surface area contributed by atoms with E-state index >= 15 is 0 Å². The first-order chi connectivity index (χ1) is 22.2. The molecule has 0 saturated carbocycles. The number of halogens is 7. The number of hydrogen-bond acceptors (Lipinski definition) is 7. The van der Waals surface area contributed by atoms with Gasteiger partial charge in [-0.3, -0.25) is 15.1 Å². The SMILES string of the molecule is CCC(NNC(=S)N=C1SCC(=O)N1c1cc(Cl)ccc1C(F)(F)F)c1ccc(-c2ncn(-c3ccc(OC(F)(F)F)cc3)n2)cc1. The van der Waals surface area contributed by atoms with E-state index in [1.54, 1.807) is 12.1 Å². The number of anilines is 1. The van der Waals surface area contributed by atoms with Crippen molar-refractivity contribution in [2.24, 2.45) is 4.99 Å². The highest BCUT2D eigenvalue weighted by atomic mass is 35.5. The van der Waals surface area contributed by atoms with Crippen LogP contribution in [0.5, 0.6) is 5.75 Å². The standard InChI is InChI=1S/C29H22ClF6N7O2S2/c1-2-22(39-40-26(46)38-27-43(24(44)14-47-27)23-13-18(30)7-12-21(23)28(31,32)33)16-3-5-17(6-4-16)25-37-15-42(41-25)19-8-10-20(11-9-19)45-29(34,35)36/h3-13,15,22,39H,2,14H2,1H3,(H,40,46). The molecule has 0 aliphatic carbocycles. The third-order valence-corrected chi connectivity index (χ3v) is 7.98. The van der Waals surface area contributed by atoms with E-state index < -0.39 is 29.7 Å². The van der Waals surface area contributed by atoms with Gasteiger partial charge >= 0.3 is 12.5 Å². The van der Waals surface area contributed by atoms with Crippen molar-refractivity contribution in [1.29, 1.82) is 0 Å². The zero-order chi connectivity index (χ0) is 33.9. The molecule has 0 bridgehead atoms. The highest BCUT2D eigenvalue weighted by Crippen LogP contribution is 2.40. The number of thioether (sulfide) groups is 1. The second-order valence-electron chi connectivity index (χ2n) is 9.78. The third kappa shape index (κ3) is 8.40. The van der Waals surface area contributed by atoms with Crippen LogP contribution in [-0.4, -0.2) is 43.1 Å². The fourth-order valence-electron chi connectivity index (χ4n) is 4.48. The summed E-state index contributed by atoms with van der Waals surface area (Å²) in [6, 6.07) is 15.1. The average Bonchev–Trinajstić information content (AvgIpc) is 3.64. The maximum Gasteiger partial charge on any atom is 0.573 e. The number of aliphatic imine (C=N–C) groups is 1. The Morgan fingerprint density at radius 1 is 1.09 bits per heavy atom. The van der Waals surface area contributed by atoms with Crippen LogP contribution in [0.1, 0.15) is 30.5 Å². The molecule has 0 spiro atoms. The number of rotatable bonds is 8. The Bertz CT molecular complexity index is 1800. The number of alkyl halides is 6. The summed E-state index contributed by atoms with van der Waals surface area (Å²) in [5, 5.41) is 4.28. The first-order valence-electron chi connectivity index (χ1n) is 13.6. The molecule has 1 saturated heterocycles. The Balaban J connectivity index is 1.24. The van der Waals surface area contributed by atoms with Crippen LogP contribution in [0.2, 0.25) is 5.02 Å². The summed E-state index contributed by atoms with van der Waals surface area (Å²) >= 11 is 12.2. The summed E-state index contributed by atoms with van der Waals surface area (Å²) in [4.78, 5) is 21.9. The summed E-state index contributed by atoms with van der Waals surface area (Å²) < 4.78 is 83.7. The zero-order valence-electron chi connectivity index (χ0n) is 23.9. The number of nitrogens with one attached hydrogen (secondary N) is 2. The Kier molecular flexibility index (Phi) is 10.1. The summed E-state index contributed by atoms with van der Waals surface area (Å²) in [7, 11) is 0. The van der Waals surface area contributed by atoms with Crippen LogP contribution in [0.15, 0.2) is 78.0 Å². The van der Waals surface area contributed by atoms with Crippen LogP contribution >= 0.6 is 35.6 Å². The number of hydrogen-bond donors (Lipinski definition) is 2. The van der Waals surface area contributed by atoms with E-state index in [4.69, 9.17) is 23.8 Å². The molecule has 1 unspecified atom stereocenters. The Morgan fingerprint density at radius 2 is 1.79 bits per heavy atom. The van der Waals surface area contributed by atoms with Crippen LogP contribution in [0.4, 0.5) is 32.0 Å². The monoisotopic (exact) mass is 713 g/mol. The first-order valence-corrected chi connectivity index (χ1v) is 15.3. The second kappa shape index (κ2) is 13.9. The van der Waals surface area contributed by atoms with Crippen LogP contribution in [0.3, 0.4) is 0 Å². The fraction of sp³-hybridized carbons (Fsp3) is 0.207. The number of amidine groups is 1. The third-order valence-electron chi connectivity index (χ3n) is 6.63. The van der Waals surface area contributed by atoms with Crippen LogP contribution in [-0.2, 0) is 11.0 Å². The second-order valence-corrected chi connectivity index (χ2v) is 11.5. The molecule has 1 aromatic heterocycles. The van der Waals surface area contributed by atoms with Crippen LogP contribution in [0, 0.1) is 0 Å². The van der Waals surface area contributed by atoms with Gasteiger partial charge in [-0.1, -0.05) is 54.6 Å². The Labute approximate surface area is 277 Å². The zero-order valence-corrected chi connectivity index (χ0v) is 26.3. The normalized spacial score (nSPS) is 15.3. The first kappa shape index (κ1) is 34.2. The number of aromatic nitrogens is 3. The summed E-state index contributed by atoms with van der Waals surface area (Å²) in [6.45, 7) is 1.92. The van der Waals surface area contributed by atoms with E-state index in [1.165, 1.54) is 35.3 Å². The van der Waals surface area contributed by atoms with Gasteiger partial charge < -0.3 is 4.74 Å². The minimum absolute atomic E-state index is 0.0218. The van der Waals surface area contributed by atoms with Gasteiger partial charge in [-0.15, -0.1) is 18.3 Å². The lowest BCUT2D eigenvalue weighted by atomic mass is 10.0. The quantitative estimate of drug-likeness (QED) is 0.110. The lowest BCUT2D eigenvalue weighted by Gasteiger charge is -2.22. The van der Waals surface area contributed by atoms with Crippen molar-refractivity contribution in [3.05, 3.63) is 89.2 Å². The maximum absolute atomic E-state index is 13.7. The largest absolute Gasteiger partial charge is 0.573 e. The summed E-state index contributed by atoms with van der Waals surface area (Å²) in [6.07, 6.45) is -7.49. The van der Waals surface area contributed by atoms with Gasteiger partial charge in [0.25, 0.3) is 0 Å². The smallest absolute Gasteiger partial charge is 0.406 e. The van der Waals surface area contributed by atoms with Gasteiger partial charge in [0.05, 0.1) is 28.7 Å². The van der Waals surface area contributed by atoms with E-state index in [0.717, 1.165) is 40.4 Å². The molecular weight excluding hydrogens is 692 g/mol. The number of ether oxygens (including phenoxy) is 1. The molecule has 2 N–H and O–H groups in total. The number of nitrogens with zero attached hydrogens (tertiary/aromatic N) is 5. The van der Waals surface area contributed by atoms with E-state index in [1.807, 2.05) is 19.1 Å². The summed E-state index contributed by atoms with van der Waals surface area (Å²) in [5.41, 5.74) is 6.36. The van der Waals surface area contributed by atoms with Gasteiger partial charge in [0.1, 0.15) is 12.1 Å².